The third-order valence-corrected chi connectivity index (χ3v) is 4.18. The highest BCUT2D eigenvalue weighted by molar-refractivity contribution is 5.76. The van der Waals surface area contributed by atoms with Crippen molar-refractivity contribution >= 4 is 6.29 Å². The Morgan fingerprint density at radius 3 is 2.15 bits per heavy atom. The molecule has 140 valence electrons. The van der Waals surface area contributed by atoms with Gasteiger partial charge in [0.15, 0.2) is 11.5 Å². The predicted molar refractivity (Wildman–Crippen MR) is 104 cm³/mol. The molecule has 0 atom stereocenters. The van der Waals surface area contributed by atoms with Gasteiger partial charge in [-0.1, -0.05) is 39.8 Å². The molecule has 4 nitrogen and oxygen atoms in total. The predicted octanol–water partition coefficient (Wildman–Crippen LogP) is 4.83. The third kappa shape index (κ3) is 5.01. The van der Waals surface area contributed by atoms with Crippen LogP contribution in [0.4, 0.5) is 0 Å². The molecule has 0 unspecified atom stereocenters. The SMILES string of the molecule is CCc1ccc(OCCOc2ccc(C=O)cc2OC)c(C(C)(C)C)c1. The zero-order chi connectivity index (χ0) is 19.2. The summed E-state index contributed by atoms with van der Waals surface area (Å²) in [6.07, 6.45) is 1.78. The van der Waals surface area contributed by atoms with E-state index < -0.39 is 0 Å². The van der Waals surface area contributed by atoms with Crippen LogP contribution in [0.2, 0.25) is 0 Å². The van der Waals surface area contributed by atoms with E-state index in [1.807, 2.05) is 6.07 Å². The van der Waals surface area contributed by atoms with E-state index in [0.29, 0.717) is 30.3 Å². The quantitative estimate of drug-likeness (QED) is 0.502. The number of ether oxygens (including phenoxy) is 3. The fourth-order valence-corrected chi connectivity index (χ4v) is 2.69. The molecule has 4 heteroatoms. The van der Waals surface area contributed by atoms with Crippen molar-refractivity contribution in [3.8, 4) is 17.2 Å². The van der Waals surface area contributed by atoms with Crippen molar-refractivity contribution < 1.29 is 19.0 Å². The first kappa shape index (κ1) is 19.8. The van der Waals surface area contributed by atoms with Crippen LogP contribution in [0.3, 0.4) is 0 Å². The molecule has 0 fully saturated rings. The van der Waals surface area contributed by atoms with Crippen LogP contribution < -0.4 is 14.2 Å². The molecule has 2 aromatic rings. The highest BCUT2D eigenvalue weighted by Crippen LogP contribution is 2.32. The summed E-state index contributed by atoms with van der Waals surface area (Å²) in [6, 6.07) is 11.5. The summed E-state index contributed by atoms with van der Waals surface area (Å²) in [5.41, 5.74) is 3.06. The minimum absolute atomic E-state index is 0.00918. The Balaban J connectivity index is 2.01. The van der Waals surface area contributed by atoms with Gasteiger partial charge in [0.2, 0.25) is 0 Å². The van der Waals surface area contributed by atoms with Gasteiger partial charge in [0.1, 0.15) is 25.2 Å². The van der Waals surface area contributed by atoms with Gasteiger partial charge in [-0.3, -0.25) is 4.79 Å². The summed E-state index contributed by atoms with van der Waals surface area (Å²) in [7, 11) is 1.55. The summed E-state index contributed by atoms with van der Waals surface area (Å²) in [5, 5.41) is 0. The van der Waals surface area contributed by atoms with Crippen LogP contribution in [0.1, 0.15) is 49.2 Å². The zero-order valence-corrected chi connectivity index (χ0v) is 16.3. The molecule has 0 saturated carbocycles. The Kier molecular flexibility index (Phi) is 6.67. The van der Waals surface area contributed by atoms with Crippen LogP contribution >= 0.6 is 0 Å². The lowest BCUT2D eigenvalue weighted by Gasteiger charge is -2.24. The lowest BCUT2D eigenvalue weighted by molar-refractivity contribution is 0.112. The second-order valence-electron chi connectivity index (χ2n) is 7.16. The molecular formula is C22H28O4. The van der Waals surface area contributed by atoms with Crippen LogP contribution in [-0.4, -0.2) is 26.6 Å². The van der Waals surface area contributed by atoms with Crippen molar-refractivity contribution in [1.29, 1.82) is 0 Å². The second kappa shape index (κ2) is 8.75. The molecule has 0 N–H and O–H groups in total. The van der Waals surface area contributed by atoms with Crippen molar-refractivity contribution in [1.82, 2.24) is 0 Å². The van der Waals surface area contributed by atoms with Crippen molar-refractivity contribution in [3.63, 3.8) is 0 Å². The summed E-state index contributed by atoms with van der Waals surface area (Å²) < 4.78 is 17.0. The van der Waals surface area contributed by atoms with E-state index in [4.69, 9.17) is 14.2 Å². The maximum atomic E-state index is 10.8. The Hall–Kier alpha value is -2.49. The van der Waals surface area contributed by atoms with E-state index in [2.05, 4.69) is 39.8 Å². The number of methoxy groups -OCH3 is 1. The monoisotopic (exact) mass is 356 g/mol. The van der Waals surface area contributed by atoms with E-state index in [0.717, 1.165) is 18.5 Å². The van der Waals surface area contributed by atoms with Gasteiger partial charge < -0.3 is 14.2 Å². The van der Waals surface area contributed by atoms with Crippen LogP contribution in [0, 0.1) is 0 Å². The van der Waals surface area contributed by atoms with E-state index in [-0.39, 0.29) is 5.41 Å². The standard InChI is InChI=1S/C22H28O4/c1-6-16-7-9-19(18(13-16)22(2,3)4)25-11-12-26-20-10-8-17(15-23)14-21(20)24-5/h7-10,13-15H,6,11-12H2,1-5H3. The number of carbonyl (C=O) groups excluding carboxylic acids is 1. The molecule has 0 aromatic heterocycles. The average molecular weight is 356 g/mol. The van der Waals surface area contributed by atoms with Crippen LogP contribution in [-0.2, 0) is 11.8 Å². The summed E-state index contributed by atoms with van der Waals surface area (Å²) in [5.74, 6) is 2.03. The number of aldehydes is 1. The Morgan fingerprint density at radius 2 is 1.58 bits per heavy atom. The maximum absolute atomic E-state index is 10.8. The molecule has 0 aliphatic heterocycles. The second-order valence-corrected chi connectivity index (χ2v) is 7.16. The van der Waals surface area contributed by atoms with Gasteiger partial charge in [0.25, 0.3) is 0 Å². The molecule has 2 rings (SSSR count). The van der Waals surface area contributed by atoms with Crippen molar-refractivity contribution in [2.75, 3.05) is 20.3 Å². The van der Waals surface area contributed by atoms with E-state index in [1.54, 1.807) is 25.3 Å². The Labute approximate surface area is 156 Å². The number of hydrogen-bond donors (Lipinski definition) is 0. The van der Waals surface area contributed by atoms with E-state index >= 15 is 0 Å². The van der Waals surface area contributed by atoms with Crippen LogP contribution in [0.5, 0.6) is 17.2 Å². The number of carbonyl (C=O) groups is 1. The van der Waals surface area contributed by atoms with Crippen molar-refractivity contribution in [2.45, 2.75) is 39.5 Å². The maximum Gasteiger partial charge on any atom is 0.161 e. The largest absolute Gasteiger partial charge is 0.493 e. The fraction of sp³-hybridized carbons (Fsp3) is 0.409. The average Bonchev–Trinajstić information content (AvgIpc) is 2.64. The minimum Gasteiger partial charge on any atom is -0.493 e. The molecular weight excluding hydrogens is 328 g/mol. The minimum atomic E-state index is 0.00918. The molecule has 0 radical (unpaired) electrons. The summed E-state index contributed by atoms with van der Waals surface area (Å²) in [6.45, 7) is 9.52. The Morgan fingerprint density at radius 1 is 0.923 bits per heavy atom. The smallest absolute Gasteiger partial charge is 0.161 e. The molecule has 0 saturated heterocycles. The molecule has 0 aliphatic rings. The van der Waals surface area contributed by atoms with Crippen molar-refractivity contribution in [2.24, 2.45) is 0 Å². The van der Waals surface area contributed by atoms with Crippen molar-refractivity contribution in [3.05, 3.63) is 53.1 Å². The lowest BCUT2D eigenvalue weighted by atomic mass is 9.85. The summed E-state index contributed by atoms with van der Waals surface area (Å²) >= 11 is 0. The van der Waals surface area contributed by atoms with E-state index in [9.17, 15) is 4.79 Å². The van der Waals surface area contributed by atoms with Gasteiger partial charge >= 0.3 is 0 Å². The van der Waals surface area contributed by atoms with E-state index in [1.165, 1.54) is 11.1 Å². The van der Waals surface area contributed by atoms with Crippen LogP contribution in [0.25, 0.3) is 0 Å². The van der Waals surface area contributed by atoms with Crippen LogP contribution in [0.15, 0.2) is 36.4 Å². The number of aryl methyl sites for hydroxylation is 1. The van der Waals surface area contributed by atoms with Gasteiger partial charge in [-0.25, -0.2) is 0 Å². The highest BCUT2D eigenvalue weighted by atomic mass is 16.5. The molecule has 0 spiro atoms. The fourth-order valence-electron chi connectivity index (χ4n) is 2.69. The third-order valence-electron chi connectivity index (χ3n) is 4.18. The van der Waals surface area contributed by atoms with Gasteiger partial charge in [-0.15, -0.1) is 0 Å². The first-order valence-electron chi connectivity index (χ1n) is 8.91. The molecule has 0 aliphatic carbocycles. The first-order valence-corrected chi connectivity index (χ1v) is 8.91. The van der Waals surface area contributed by atoms with Gasteiger partial charge in [-0.2, -0.15) is 0 Å². The number of benzene rings is 2. The van der Waals surface area contributed by atoms with Gasteiger partial charge in [-0.05, 0) is 47.2 Å². The van der Waals surface area contributed by atoms with Gasteiger partial charge in [0.05, 0.1) is 7.11 Å². The Bertz CT molecular complexity index is 744. The molecule has 2 aromatic carbocycles. The highest BCUT2D eigenvalue weighted by Gasteiger charge is 2.19. The summed E-state index contributed by atoms with van der Waals surface area (Å²) in [4.78, 5) is 10.8. The molecule has 0 heterocycles. The zero-order valence-electron chi connectivity index (χ0n) is 16.3. The number of hydrogen-bond acceptors (Lipinski definition) is 4. The molecule has 26 heavy (non-hydrogen) atoms. The van der Waals surface area contributed by atoms with Gasteiger partial charge in [0, 0.05) is 5.56 Å². The lowest BCUT2D eigenvalue weighted by Crippen LogP contribution is -2.16. The topological polar surface area (TPSA) is 44.8 Å². The number of rotatable bonds is 8. The normalized spacial score (nSPS) is 11.1. The first-order chi connectivity index (χ1) is 12.4. The molecule has 0 bridgehead atoms. The molecule has 0 amide bonds.